The molecule has 15 heavy (non-hydrogen) atoms. The summed E-state index contributed by atoms with van der Waals surface area (Å²) in [4.78, 5) is 4.08. The molecule has 1 atom stereocenters. The molecule has 1 aromatic heterocycles. The number of aromatic nitrogens is 1. The smallest absolute Gasteiger partial charge is 0.145 e. The van der Waals surface area contributed by atoms with Gasteiger partial charge in [0.2, 0.25) is 0 Å². The van der Waals surface area contributed by atoms with E-state index >= 15 is 0 Å². The van der Waals surface area contributed by atoms with Crippen molar-refractivity contribution in [2.24, 2.45) is 4.40 Å². The molecule has 2 radical (unpaired) electrons. The van der Waals surface area contributed by atoms with Gasteiger partial charge in [0.05, 0.1) is 10.5 Å². The first kappa shape index (κ1) is 12.6. The highest BCUT2D eigenvalue weighted by atomic mass is 32.2. The Balaban J connectivity index is 2.90. The van der Waals surface area contributed by atoms with E-state index in [9.17, 15) is 4.21 Å². The summed E-state index contributed by atoms with van der Waals surface area (Å²) in [6, 6.07) is 0. The third-order valence-corrected chi connectivity index (χ3v) is 4.03. The van der Waals surface area contributed by atoms with Crippen LogP contribution in [0.2, 0.25) is 0 Å². The van der Waals surface area contributed by atoms with Crippen LogP contribution in [0, 0.1) is 0 Å². The molecule has 6 heteroatoms. The molecule has 3 nitrogen and oxygen atoms in total. The van der Waals surface area contributed by atoms with Crippen LogP contribution < -0.4 is 5.59 Å². The maximum Gasteiger partial charge on any atom is 0.145 e. The summed E-state index contributed by atoms with van der Waals surface area (Å²) < 4.78 is 15.5. The molecule has 0 bridgehead atoms. The zero-order valence-electron chi connectivity index (χ0n) is 9.27. The molecule has 0 spiro atoms. The molecule has 0 saturated carbocycles. The Hall–Kier alpha value is -0.485. The largest absolute Gasteiger partial charge is 0.251 e. The van der Waals surface area contributed by atoms with E-state index in [0.29, 0.717) is 11.3 Å². The van der Waals surface area contributed by atoms with Gasteiger partial charge in [0.1, 0.15) is 23.8 Å². The predicted molar refractivity (Wildman–Crippen MR) is 67.6 cm³/mol. The van der Waals surface area contributed by atoms with Crippen molar-refractivity contribution in [1.29, 1.82) is 0 Å². The van der Waals surface area contributed by atoms with Crippen LogP contribution in [-0.4, -0.2) is 27.5 Å². The van der Waals surface area contributed by atoms with E-state index in [1.165, 1.54) is 11.3 Å². The van der Waals surface area contributed by atoms with Crippen LogP contribution in [0.15, 0.2) is 9.78 Å². The van der Waals surface area contributed by atoms with Gasteiger partial charge in [-0.2, -0.15) is 4.40 Å². The van der Waals surface area contributed by atoms with Crippen LogP contribution in [0.5, 0.6) is 0 Å². The van der Waals surface area contributed by atoms with E-state index in [1.807, 2.05) is 20.8 Å². The first-order chi connectivity index (χ1) is 6.80. The van der Waals surface area contributed by atoms with Crippen molar-refractivity contribution in [3.8, 4) is 0 Å². The zero-order chi connectivity index (χ0) is 11.6. The summed E-state index contributed by atoms with van der Waals surface area (Å²) in [5.41, 5.74) is 1.15. The van der Waals surface area contributed by atoms with Crippen LogP contribution in [0.3, 0.4) is 0 Å². The molecule has 0 aromatic carbocycles. The number of rotatable bonds is 2. The van der Waals surface area contributed by atoms with Crippen molar-refractivity contribution in [3.63, 3.8) is 0 Å². The van der Waals surface area contributed by atoms with Gasteiger partial charge in [0.25, 0.3) is 0 Å². The van der Waals surface area contributed by atoms with E-state index in [-0.39, 0.29) is 4.75 Å². The Morgan fingerprint density at radius 2 is 2.20 bits per heavy atom. The number of thiazole rings is 1. The molecule has 0 fully saturated rings. The Morgan fingerprint density at radius 1 is 1.60 bits per heavy atom. The molecular formula is C9H13BN2OS2. The highest BCUT2D eigenvalue weighted by Crippen LogP contribution is 2.14. The monoisotopic (exact) mass is 240 g/mol. The van der Waals surface area contributed by atoms with Crippen molar-refractivity contribution in [2.75, 3.05) is 0 Å². The van der Waals surface area contributed by atoms with Crippen molar-refractivity contribution >= 4 is 41.5 Å². The Kier molecular flexibility index (Phi) is 3.84. The number of nitrogens with zero attached hydrogens (tertiary/aromatic N) is 2. The van der Waals surface area contributed by atoms with Crippen molar-refractivity contribution in [2.45, 2.75) is 32.4 Å². The maximum atomic E-state index is 11.7. The molecule has 0 aliphatic heterocycles. The quantitative estimate of drug-likeness (QED) is 0.576. The Morgan fingerprint density at radius 3 is 2.60 bits per heavy atom. The number of hydrogen-bond acceptors (Lipinski definition) is 3. The van der Waals surface area contributed by atoms with Gasteiger partial charge in [0.15, 0.2) is 0 Å². The molecule has 0 amide bonds. The molecular weight excluding hydrogens is 227 g/mol. The van der Waals surface area contributed by atoms with Gasteiger partial charge in [-0.1, -0.05) is 0 Å². The lowest BCUT2D eigenvalue weighted by Gasteiger charge is -2.13. The van der Waals surface area contributed by atoms with Crippen molar-refractivity contribution < 1.29 is 4.21 Å². The second-order valence-corrected chi connectivity index (χ2v) is 6.88. The second kappa shape index (κ2) is 4.57. The molecule has 80 valence electrons. The van der Waals surface area contributed by atoms with Crippen molar-refractivity contribution in [3.05, 3.63) is 10.4 Å². The van der Waals surface area contributed by atoms with Gasteiger partial charge in [0, 0.05) is 5.38 Å². The zero-order valence-corrected chi connectivity index (χ0v) is 10.9. The minimum absolute atomic E-state index is 0.343. The Bertz CT molecular complexity index is 406. The lowest BCUT2D eigenvalue weighted by Crippen LogP contribution is -2.20. The lowest BCUT2D eigenvalue weighted by molar-refractivity contribution is 0.650. The summed E-state index contributed by atoms with van der Waals surface area (Å²) in [6.07, 6.45) is 0. The minimum Gasteiger partial charge on any atom is -0.251 e. The SMILES string of the molecule is [B]c1csc(/C(C)=N\S(=O)C(C)(C)C)n1. The molecule has 1 unspecified atom stereocenters. The highest BCUT2D eigenvalue weighted by molar-refractivity contribution is 7.85. The first-order valence-corrected chi connectivity index (χ1v) is 6.48. The summed E-state index contributed by atoms with van der Waals surface area (Å²) in [5, 5.41) is 2.47. The predicted octanol–water partition coefficient (Wildman–Crippen LogP) is 1.21. The van der Waals surface area contributed by atoms with Gasteiger partial charge < -0.3 is 0 Å². The highest BCUT2D eigenvalue weighted by Gasteiger charge is 2.19. The molecule has 0 saturated heterocycles. The fourth-order valence-electron chi connectivity index (χ4n) is 0.753. The third-order valence-electron chi connectivity index (χ3n) is 1.58. The third kappa shape index (κ3) is 3.54. The summed E-state index contributed by atoms with van der Waals surface area (Å²) >= 11 is 1.41. The van der Waals surface area contributed by atoms with Gasteiger partial charge in [-0.05, 0) is 33.3 Å². The molecule has 1 rings (SSSR count). The molecule has 0 N–H and O–H groups in total. The molecule has 0 aliphatic carbocycles. The van der Waals surface area contributed by atoms with Gasteiger partial charge in [-0.3, -0.25) is 4.98 Å². The molecule has 0 aliphatic rings. The van der Waals surface area contributed by atoms with Crippen LogP contribution in [-0.2, 0) is 11.0 Å². The fraction of sp³-hybridized carbons (Fsp3) is 0.556. The maximum absolute atomic E-state index is 11.7. The average Bonchev–Trinajstić information content (AvgIpc) is 2.50. The van der Waals surface area contributed by atoms with Gasteiger partial charge in [-0.15, -0.1) is 11.3 Å². The second-order valence-electron chi connectivity index (χ2n) is 4.12. The lowest BCUT2D eigenvalue weighted by atomic mass is 10.1. The Labute approximate surface area is 98.0 Å². The van der Waals surface area contributed by atoms with E-state index in [0.717, 1.165) is 5.01 Å². The summed E-state index contributed by atoms with van der Waals surface area (Å²) in [5.74, 6) is 0. The van der Waals surface area contributed by atoms with Crippen LogP contribution in [0.4, 0.5) is 0 Å². The topological polar surface area (TPSA) is 42.3 Å². The van der Waals surface area contributed by atoms with E-state index in [4.69, 9.17) is 7.85 Å². The van der Waals surface area contributed by atoms with E-state index < -0.39 is 11.0 Å². The van der Waals surface area contributed by atoms with Crippen LogP contribution in [0.1, 0.15) is 32.7 Å². The van der Waals surface area contributed by atoms with Crippen LogP contribution in [0.25, 0.3) is 0 Å². The van der Waals surface area contributed by atoms with E-state index in [1.54, 1.807) is 12.3 Å². The summed E-state index contributed by atoms with van der Waals surface area (Å²) in [6.45, 7) is 7.45. The molecule has 1 aromatic rings. The average molecular weight is 240 g/mol. The van der Waals surface area contributed by atoms with Crippen LogP contribution >= 0.6 is 11.3 Å². The van der Waals surface area contributed by atoms with Crippen molar-refractivity contribution in [1.82, 2.24) is 4.98 Å². The normalized spacial score (nSPS) is 15.3. The minimum atomic E-state index is -1.24. The molecule has 1 heterocycles. The fourth-order valence-corrected chi connectivity index (χ4v) is 2.08. The van der Waals surface area contributed by atoms with E-state index in [2.05, 4.69) is 9.38 Å². The number of hydrogen-bond donors (Lipinski definition) is 0. The first-order valence-electron chi connectivity index (χ1n) is 4.49. The standard InChI is InChI=1S/C9H13BN2OS2/c1-6(8-11-7(10)5-14-8)12-15(13)9(2,3)4/h5H,1-4H3/b12-6-. The summed E-state index contributed by atoms with van der Waals surface area (Å²) in [7, 11) is 4.26. The van der Waals surface area contributed by atoms with Gasteiger partial charge >= 0.3 is 0 Å². The van der Waals surface area contributed by atoms with Gasteiger partial charge in [-0.25, -0.2) is 4.21 Å².